The second-order valence-electron chi connectivity index (χ2n) is 7.61. The Hall–Kier alpha value is -1.38. The molecule has 1 aromatic carbocycles. The summed E-state index contributed by atoms with van der Waals surface area (Å²) >= 11 is 0. The van der Waals surface area contributed by atoms with Gasteiger partial charge < -0.3 is 4.74 Å². The minimum Gasteiger partial charge on any atom is -0.462 e. The van der Waals surface area contributed by atoms with Gasteiger partial charge in [0.25, 0.3) is 0 Å². The van der Waals surface area contributed by atoms with Gasteiger partial charge in [0.15, 0.2) is 0 Å². The molecule has 1 saturated carbocycles. The number of hydrogen-bond donors (Lipinski definition) is 0. The summed E-state index contributed by atoms with van der Waals surface area (Å²) in [5.74, 6) is -0.227. The Balaban J connectivity index is 0.000000485. The van der Waals surface area contributed by atoms with Crippen LogP contribution in [0.2, 0.25) is 0 Å². The van der Waals surface area contributed by atoms with E-state index in [-0.39, 0.29) is 18.8 Å². The van der Waals surface area contributed by atoms with Crippen molar-refractivity contribution in [2.45, 2.75) is 106 Å². The molecule has 0 heterocycles. The highest BCUT2D eigenvalue weighted by Gasteiger charge is 2.29. The summed E-state index contributed by atoms with van der Waals surface area (Å²) in [4.78, 5) is 0. The van der Waals surface area contributed by atoms with Crippen LogP contribution in [0.5, 0.6) is 5.75 Å². The molecule has 1 aliphatic rings. The fourth-order valence-corrected chi connectivity index (χ4v) is 2.75. The van der Waals surface area contributed by atoms with E-state index in [2.05, 4.69) is 26.0 Å². The zero-order valence-corrected chi connectivity index (χ0v) is 19.2. The van der Waals surface area contributed by atoms with Crippen LogP contribution in [0.25, 0.3) is 0 Å². The maximum absolute atomic E-state index is 13.0. The van der Waals surface area contributed by atoms with Gasteiger partial charge in [-0.1, -0.05) is 65.2 Å². The number of halogens is 2. The van der Waals surface area contributed by atoms with E-state index in [9.17, 15) is 8.78 Å². The van der Waals surface area contributed by atoms with Gasteiger partial charge in [-0.15, -0.1) is 0 Å². The molecule has 0 radical (unpaired) electrons. The summed E-state index contributed by atoms with van der Waals surface area (Å²) in [5, 5.41) is 0. The van der Waals surface area contributed by atoms with E-state index in [1.54, 1.807) is 0 Å². The molecule has 0 aromatic heterocycles. The molecule has 3 heteroatoms. The second kappa shape index (κ2) is 14.6. The summed E-state index contributed by atoms with van der Waals surface area (Å²) in [5.41, 5.74) is 2.75. The van der Waals surface area contributed by atoms with E-state index in [1.165, 1.54) is 30.4 Å². The Kier molecular flexibility index (Phi) is 13.9. The monoisotopic (exact) mass is 396 g/mol. The second-order valence-corrected chi connectivity index (χ2v) is 7.61. The van der Waals surface area contributed by atoms with Gasteiger partial charge in [-0.2, -0.15) is 0 Å². The van der Waals surface area contributed by atoms with Gasteiger partial charge in [-0.25, -0.2) is 8.78 Å². The quantitative estimate of drug-likeness (QED) is 0.398. The summed E-state index contributed by atoms with van der Waals surface area (Å²) in [6, 6.07) is 8.21. The van der Waals surface area contributed by atoms with Crippen LogP contribution in [0.4, 0.5) is 8.78 Å². The maximum atomic E-state index is 13.0. The van der Waals surface area contributed by atoms with Crippen molar-refractivity contribution < 1.29 is 13.5 Å². The zero-order chi connectivity index (χ0) is 21.6. The zero-order valence-electron chi connectivity index (χ0n) is 19.2. The van der Waals surface area contributed by atoms with Crippen molar-refractivity contribution in [2.24, 2.45) is 5.92 Å². The van der Waals surface area contributed by atoms with Crippen LogP contribution in [0.1, 0.15) is 98.5 Å². The first-order valence-corrected chi connectivity index (χ1v) is 11.1. The molecule has 0 amide bonds. The maximum Gasteiger partial charge on any atom is 0.248 e. The van der Waals surface area contributed by atoms with Crippen molar-refractivity contribution in [1.29, 1.82) is 0 Å². The Labute approximate surface area is 172 Å². The van der Waals surface area contributed by atoms with Crippen molar-refractivity contribution in [2.75, 3.05) is 0 Å². The molecule has 1 atom stereocenters. The molecule has 162 valence electrons. The van der Waals surface area contributed by atoms with E-state index in [0.29, 0.717) is 6.42 Å². The average Bonchev–Trinajstić information content (AvgIpc) is 2.62. The lowest BCUT2D eigenvalue weighted by Crippen LogP contribution is -2.19. The molecule has 0 saturated heterocycles. The third-order valence-electron chi connectivity index (χ3n) is 4.99. The van der Waals surface area contributed by atoms with Crippen molar-refractivity contribution in [3.8, 4) is 5.75 Å². The lowest BCUT2D eigenvalue weighted by atomic mass is 9.91. The Morgan fingerprint density at radius 2 is 1.68 bits per heavy atom. The number of unbranched alkanes of at least 4 members (excludes halogenated alkanes) is 1. The van der Waals surface area contributed by atoms with Gasteiger partial charge in [0.05, 0.1) is 0 Å². The van der Waals surface area contributed by atoms with Gasteiger partial charge >= 0.3 is 0 Å². The summed E-state index contributed by atoms with van der Waals surface area (Å²) in [7, 11) is 0. The van der Waals surface area contributed by atoms with E-state index in [4.69, 9.17) is 4.74 Å². The SMILES string of the molecule is CC.CC(Oc1ccc(C)cc1)=C1CCC1.CCCCC(F)(F)CC(C)CC. The number of alkyl halides is 2. The minimum absolute atomic E-state index is 0.0590. The predicted octanol–water partition coefficient (Wildman–Crippen LogP) is 9.11. The van der Waals surface area contributed by atoms with Gasteiger partial charge in [0, 0.05) is 12.8 Å². The number of ether oxygens (including phenoxy) is 1. The first kappa shape index (κ1) is 26.6. The number of benzene rings is 1. The summed E-state index contributed by atoms with van der Waals surface area (Å²) in [6.45, 7) is 13.9. The van der Waals surface area contributed by atoms with E-state index in [1.807, 2.05) is 46.8 Å². The third-order valence-corrected chi connectivity index (χ3v) is 4.99. The van der Waals surface area contributed by atoms with Crippen LogP contribution >= 0.6 is 0 Å². The summed E-state index contributed by atoms with van der Waals surface area (Å²) < 4.78 is 31.8. The Morgan fingerprint density at radius 3 is 2.11 bits per heavy atom. The largest absolute Gasteiger partial charge is 0.462 e. The van der Waals surface area contributed by atoms with Crippen LogP contribution in [0.3, 0.4) is 0 Å². The molecule has 2 rings (SSSR count). The average molecular weight is 397 g/mol. The molecule has 0 N–H and O–H groups in total. The highest BCUT2D eigenvalue weighted by atomic mass is 19.3. The highest BCUT2D eigenvalue weighted by Crippen LogP contribution is 2.30. The molecular formula is C25H42F2O. The number of rotatable bonds is 8. The molecule has 0 spiro atoms. The topological polar surface area (TPSA) is 9.23 Å². The van der Waals surface area contributed by atoms with Crippen LogP contribution < -0.4 is 4.74 Å². The third kappa shape index (κ3) is 11.5. The van der Waals surface area contributed by atoms with Gasteiger partial charge in [0.1, 0.15) is 11.5 Å². The smallest absolute Gasteiger partial charge is 0.248 e. The molecule has 28 heavy (non-hydrogen) atoms. The summed E-state index contributed by atoms with van der Waals surface area (Å²) in [6.07, 6.45) is 6.23. The predicted molar refractivity (Wildman–Crippen MR) is 118 cm³/mol. The lowest BCUT2D eigenvalue weighted by molar-refractivity contribution is -0.0310. The van der Waals surface area contributed by atoms with Crippen LogP contribution in [-0.4, -0.2) is 5.92 Å². The minimum atomic E-state index is -2.43. The Morgan fingerprint density at radius 1 is 1.11 bits per heavy atom. The Bertz CT molecular complexity index is 540. The van der Waals surface area contributed by atoms with Crippen molar-refractivity contribution in [3.63, 3.8) is 0 Å². The number of aryl methyl sites for hydroxylation is 1. The normalized spacial score (nSPS) is 14.0. The molecule has 1 unspecified atom stereocenters. The number of hydrogen-bond acceptors (Lipinski definition) is 1. The molecule has 0 aliphatic heterocycles. The van der Waals surface area contributed by atoms with Crippen molar-refractivity contribution >= 4 is 0 Å². The van der Waals surface area contributed by atoms with E-state index >= 15 is 0 Å². The van der Waals surface area contributed by atoms with Gasteiger partial charge in [-0.05, 0) is 63.2 Å². The van der Waals surface area contributed by atoms with E-state index < -0.39 is 5.92 Å². The standard InChI is InChI=1S/C13H16O.C10H20F2.C2H6/c1-10-6-8-13(9-7-10)14-11(2)12-4-3-5-12;1-4-6-7-10(11,12)8-9(3)5-2;1-2/h6-9H,3-5H2,1-2H3;9H,4-8H2,1-3H3;1-2H3. The molecule has 1 aliphatic carbocycles. The first-order valence-electron chi connectivity index (χ1n) is 11.1. The molecule has 0 bridgehead atoms. The van der Waals surface area contributed by atoms with Crippen molar-refractivity contribution in [1.82, 2.24) is 0 Å². The van der Waals surface area contributed by atoms with E-state index in [0.717, 1.165) is 24.4 Å². The van der Waals surface area contributed by atoms with Crippen molar-refractivity contribution in [3.05, 3.63) is 41.2 Å². The van der Waals surface area contributed by atoms with Gasteiger partial charge in [0.2, 0.25) is 5.92 Å². The van der Waals surface area contributed by atoms with Crippen LogP contribution in [-0.2, 0) is 0 Å². The molecule has 1 aromatic rings. The fraction of sp³-hybridized carbons (Fsp3) is 0.680. The van der Waals surface area contributed by atoms with Crippen LogP contribution in [0.15, 0.2) is 35.6 Å². The van der Waals surface area contributed by atoms with Crippen LogP contribution in [0, 0.1) is 12.8 Å². The molecule has 1 fully saturated rings. The molecular weight excluding hydrogens is 354 g/mol. The first-order chi connectivity index (χ1) is 13.3. The fourth-order valence-electron chi connectivity index (χ4n) is 2.75. The highest BCUT2D eigenvalue weighted by molar-refractivity contribution is 5.29. The number of allylic oxidation sites excluding steroid dienone is 2. The van der Waals surface area contributed by atoms with Gasteiger partial charge in [-0.3, -0.25) is 0 Å². The lowest BCUT2D eigenvalue weighted by Gasteiger charge is -2.19. The molecule has 1 nitrogen and oxygen atoms in total.